The van der Waals surface area contributed by atoms with E-state index in [4.69, 9.17) is 17.3 Å². The molecule has 1 aromatic heterocycles. The number of rotatable bonds is 4. The normalized spacial score (nSPS) is 11.8. The monoisotopic (exact) mass is 305 g/mol. The molecule has 5 nitrogen and oxygen atoms in total. The Labute approximate surface area is 117 Å². The average molecular weight is 306 g/mol. The van der Waals surface area contributed by atoms with Crippen molar-refractivity contribution < 1.29 is 13.2 Å². The van der Waals surface area contributed by atoms with Gasteiger partial charge in [0.05, 0.1) is 5.02 Å². The van der Waals surface area contributed by atoms with Crippen molar-refractivity contribution in [2.24, 2.45) is 0 Å². The number of anilines is 1. The topological polar surface area (TPSA) is 69.6 Å². The molecule has 0 bridgehead atoms. The number of nitrogens with two attached hydrogens (primary N) is 1. The molecular formula is C11H11ClF3N5. The van der Waals surface area contributed by atoms with Crippen LogP contribution in [0.2, 0.25) is 5.02 Å². The molecular weight excluding hydrogens is 295 g/mol. The highest BCUT2D eigenvalue weighted by atomic mass is 35.5. The van der Waals surface area contributed by atoms with Crippen LogP contribution in [0.5, 0.6) is 0 Å². The number of aromatic nitrogens is 4. The number of hydrogen-bond acceptors (Lipinski definition) is 4. The second-order valence-corrected chi connectivity index (χ2v) is 4.59. The van der Waals surface area contributed by atoms with E-state index in [1.54, 1.807) is 18.2 Å². The van der Waals surface area contributed by atoms with Gasteiger partial charge in [-0.15, -0.1) is 5.10 Å². The highest BCUT2D eigenvalue weighted by molar-refractivity contribution is 6.33. The molecule has 0 atom stereocenters. The summed E-state index contributed by atoms with van der Waals surface area (Å²) < 4.78 is 37.7. The van der Waals surface area contributed by atoms with E-state index in [1.165, 1.54) is 4.68 Å². The molecule has 2 aromatic rings. The Morgan fingerprint density at radius 2 is 2.05 bits per heavy atom. The third kappa shape index (κ3) is 3.60. The predicted octanol–water partition coefficient (Wildman–Crippen LogP) is 2.92. The minimum absolute atomic E-state index is 0.0486. The van der Waals surface area contributed by atoms with E-state index < -0.39 is 12.6 Å². The first-order valence-electron chi connectivity index (χ1n) is 5.75. The number of nitrogens with zero attached hydrogens (tertiary/aromatic N) is 4. The summed E-state index contributed by atoms with van der Waals surface area (Å²) >= 11 is 6.02. The summed E-state index contributed by atoms with van der Waals surface area (Å²) in [6.07, 6.45) is -5.19. The van der Waals surface area contributed by atoms with Gasteiger partial charge in [-0.3, -0.25) is 0 Å². The zero-order valence-corrected chi connectivity index (χ0v) is 11.0. The molecule has 0 aliphatic heterocycles. The van der Waals surface area contributed by atoms with Crippen molar-refractivity contribution in [1.82, 2.24) is 20.2 Å². The second kappa shape index (κ2) is 5.66. The zero-order valence-electron chi connectivity index (χ0n) is 10.2. The van der Waals surface area contributed by atoms with Gasteiger partial charge in [0.2, 0.25) is 0 Å². The smallest absolute Gasteiger partial charge is 0.389 e. The molecule has 0 spiro atoms. The number of aryl methyl sites for hydroxylation is 1. The Kier molecular flexibility index (Phi) is 4.12. The summed E-state index contributed by atoms with van der Waals surface area (Å²) in [6, 6.07) is 4.78. The molecule has 9 heteroatoms. The van der Waals surface area contributed by atoms with Crippen LogP contribution in [0.4, 0.5) is 18.9 Å². The van der Waals surface area contributed by atoms with Crippen LogP contribution in [0.15, 0.2) is 18.2 Å². The maximum Gasteiger partial charge on any atom is 0.389 e. The number of nitrogen functional groups attached to an aromatic ring is 1. The molecule has 0 saturated heterocycles. The fourth-order valence-corrected chi connectivity index (χ4v) is 1.89. The highest BCUT2D eigenvalue weighted by Crippen LogP contribution is 2.28. The number of tetrazole rings is 1. The van der Waals surface area contributed by atoms with Crippen LogP contribution < -0.4 is 5.73 Å². The summed E-state index contributed by atoms with van der Waals surface area (Å²) in [5, 5.41) is 11.3. The zero-order chi connectivity index (χ0) is 14.8. The lowest BCUT2D eigenvalue weighted by molar-refractivity contribution is -0.136. The molecule has 1 aromatic carbocycles. The van der Waals surface area contributed by atoms with E-state index in [-0.39, 0.29) is 13.0 Å². The second-order valence-electron chi connectivity index (χ2n) is 4.18. The van der Waals surface area contributed by atoms with E-state index in [0.717, 1.165) is 0 Å². The quantitative estimate of drug-likeness (QED) is 0.882. The summed E-state index contributed by atoms with van der Waals surface area (Å²) in [4.78, 5) is 0. The molecule has 2 rings (SSSR count). The van der Waals surface area contributed by atoms with Gasteiger partial charge in [0.25, 0.3) is 0 Å². The summed E-state index contributed by atoms with van der Waals surface area (Å²) in [5.74, 6) is 0.296. The van der Waals surface area contributed by atoms with Crippen molar-refractivity contribution in [2.45, 2.75) is 25.6 Å². The van der Waals surface area contributed by atoms with Gasteiger partial charge in [-0.1, -0.05) is 11.6 Å². The van der Waals surface area contributed by atoms with Gasteiger partial charge in [-0.25, -0.2) is 4.68 Å². The average Bonchev–Trinajstić information content (AvgIpc) is 2.79. The van der Waals surface area contributed by atoms with Crippen molar-refractivity contribution in [3.8, 4) is 11.4 Å². The third-order valence-corrected chi connectivity index (χ3v) is 2.92. The number of halogens is 4. The first-order chi connectivity index (χ1) is 9.37. The number of hydrogen-bond donors (Lipinski definition) is 1. The van der Waals surface area contributed by atoms with Crippen molar-refractivity contribution in [1.29, 1.82) is 0 Å². The molecule has 108 valence electrons. The minimum Gasteiger partial charge on any atom is -0.399 e. The van der Waals surface area contributed by atoms with Gasteiger partial charge in [0, 0.05) is 24.2 Å². The highest BCUT2D eigenvalue weighted by Gasteiger charge is 2.26. The summed E-state index contributed by atoms with van der Waals surface area (Å²) in [6.45, 7) is 0.0486. The van der Waals surface area contributed by atoms with Crippen LogP contribution in [0.1, 0.15) is 12.8 Å². The third-order valence-electron chi connectivity index (χ3n) is 2.59. The van der Waals surface area contributed by atoms with Gasteiger partial charge < -0.3 is 5.73 Å². The first-order valence-corrected chi connectivity index (χ1v) is 6.13. The van der Waals surface area contributed by atoms with Gasteiger partial charge >= 0.3 is 6.18 Å². The fraction of sp³-hybridized carbons (Fsp3) is 0.364. The van der Waals surface area contributed by atoms with Crippen molar-refractivity contribution >= 4 is 17.3 Å². The Morgan fingerprint density at radius 1 is 1.30 bits per heavy atom. The number of alkyl halides is 3. The Morgan fingerprint density at radius 3 is 2.75 bits per heavy atom. The molecule has 20 heavy (non-hydrogen) atoms. The lowest BCUT2D eigenvalue weighted by Gasteiger charge is -2.08. The van der Waals surface area contributed by atoms with Crippen LogP contribution in [0, 0.1) is 0 Å². The van der Waals surface area contributed by atoms with Gasteiger partial charge in [-0.05, 0) is 35.0 Å². The lowest BCUT2D eigenvalue weighted by atomic mass is 10.2. The summed E-state index contributed by atoms with van der Waals surface area (Å²) in [5.41, 5.74) is 6.61. The standard InChI is InChI=1S/C11H11ClF3N5/c12-9-3-2-7(16)6-8(9)10-17-18-19-20(10)5-1-4-11(13,14)15/h2-3,6H,1,4-5,16H2. The Hall–Kier alpha value is -1.83. The maximum absolute atomic E-state index is 12.1. The van der Waals surface area contributed by atoms with Crippen LogP contribution >= 0.6 is 11.6 Å². The van der Waals surface area contributed by atoms with Crippen molar-refractivity contribution in [3.63, 3.8) is 0 Å². The largest absolute Gasteiger partial charge is 0.399 e. The van der Waals surface area contributed by atoms with E-state index in [0.29, 0.717) is 22.1 Å². The molecule has 0 saturated carbocycles. The van der Waals surface area contributed by atoms with Crippen LogP contribution in [0.25, 0.3) is 11.4 Å². The van der Waals surface area contributed by atoms with Crippen molar-refractivity contribution in [2.75, 3.05) is 5.73 Å². The SMILES string of the molecule is Nc1ccc(Cl)c(-c2nnnn2CCCC(F)(F)F)c1. The van der Waals surface area contributed by atoms with Crippen LogP contribution in [0.3, 0.4) is 0 Å². The van der Waals surface area contributed by atoms with E-state index >= 15 is 0 Å². The minimum atomic E-state index is -4.19. The van der Waals surface area contributed by atoms with Gasteiger partial charge in [0.15, 0.2) is 5.82 Å². The van der Waals surface area contributed by atoms with E-state index in [2.05, 4.69) is 15.5 Å². The Balaban J connectivity index is 2.18. The molecule has 0 radical (unpaired) electrons. The molecule has 0 amide bonds. The molecule has 0 fully saturated rings. The first kappa shape index (κ1) is 14.6. The molecule has 0 aliphatic carbocycles. The van der Waals surface area contributed by atoms with Gasteiger partial charge in [-0.2, -0.15) is 13.2 Å². The van der Waals surface area contributed by atoms with Crippen LogP contribution in [-0.4, -0.2) is 26.4 Å². The molecule has 0 unspecified atom stereocenters. The predicted molar refractivity (Wildman–Crippen MR) is 68.0 cm³/mol. The lowest BCUT2D eigenvalue weighted by Crippen LogP contribution is -2.10. The van der Waals surface area contributed by atoms with Crippen LogP contribution in [-0.2, 0) is 6.54 Å². The van der Waals surface area contributed by atoms with Gasteiger partial charge in [0.1, 0.15) is 0 Å². The maximum atomic E-state index is 12.1. The molecule has 1 heterocycles. The molecule has 0 aliphatic rings. The summed E-state index contributed by atoms with van der Waals surface area (Å²) in [7, 11) is 0. The fourth-order valence-electron chi connectivity index (χ4n) is 1.69. The Bertz CT molecular complexity index is 596. The molecule has 2 N–H and O–H groups in total. The van der Waals surface area contributed by atoms with E-state index in [1.807, 2.05) is 0 Å². The van der Waals surface area contributed by atoms with Crippen molar-refractivity contribution in [3.05, 3.63) is 23.2 Å². The van der Waals surface area contributed by atoms with E-state index in [9.17, 15) is 13.2 Å². The number of benzene rings is 1.